The Morgan fingerprint density at radius 2 is 1.71 bits per heavy atom. The predicted octanol–water partition coefficient (Wildman–Crippen LogP) is 5.00. The van der Waals surface area contributed by atoms with Crippen LogP contribution in [0.25, 0.3) is 0 Å². The quantitative estimate of drug-likeness (QED) is 0.357. The van der Waals surface area contributed by atoms with Gasteiger partial charge in [0.2, 0.25) is 0 Å². The molecule has 0 saturated heterocycles. The van der Waals surface area contributed by atoms with Crippen LogP contribution in [-0.4, -0.2) is 45.6 Å². The summed E-state index contributed by atoms with van der Waals surface area (Å²) in [5, 5.41) is 7.30. The number of anilines is 1. The van der Waals surface area contributed by atoms with Gasteiger partial charge in [-0.1, -0.05) is 31.2 Å². The van der Waals surface area contributed by atoms with Gasteiger partial charge in [0.25, 0.3) is 0 Å². The van der Waals surface area contributed by atoms with Gasteiger partial charge in [-0.25, -0.2) is 12.8 Å². The van der Waals surface area contributed by atoms with Crippen molar-refractivity contribution in [2.75, 3.05) is 24.8 Å². The molecule has 1 N–H and O–H groups in total. The maximum absolute atomic E-state index is 13.4. The third kappa shape index (κ3) is 6.43. The number of para-hydroxylation sites is 1. The first kappa shape index (κ1) is 26.4. The lowest BCUT2D eigenvalue weighted by Gasteiger charge is -2.36. The third-order valence-corrected chi connectivity index (χ3v) is 6.84. The molecule has 1 unspecified atom stereocenters. The average molecular weight is 463 g/mol. The molecule has 0 aliphatic heterocycles. The van der Waals surface area contributed by atoms with Crippen LogP contribution in [0.5, 0.6) is 5.75 Å². The number of nitrogens with zero attached hydrogens (tertiary/aromatic N) is 1. The zero-order chi connectivity index (χ0) is 23.9. The second-order valence-corrected chi connectivity index (χ2v) is 9.17. The van der Waals surface area contributed by atoms with Gasteiger partial charge in [-0.2, -0.15) is 13.2 Å². The number of aryl methyl sites for hydroxylation is 1. The fraction of sp³-hybridized carbons (Fsp3) is 0.381. The largest absolute Gasteiger partial charge is 0.494 e. The molecule has 0 bridgehead atoms. The summed E-state index contributed by atoms with van der Waals surface area (Å²) in [6.07, 6.45) is -4.26. The molecule has 2 aromatic carbocycles. The predicted molar refractivity (Wildman–Crippen MR) is 114 cm³/mol. The summed E-state index contributed by atoms with van der Waals surface area (Å²) in [6.45, 7) is 2.17. The summed E-state index contributed by atoms with van der Waals surface area (Å²) >= 11 is 0. The molecule has 10 heteroatoms. The van der Waals surface area contributed by atoms with Gasteiger partial charge >= 0.3 is 6.18 Å². The van der Waals surface area contributed by atoms with E-state index in [1.807, 2.05) is 13.0 Å². The summed E-state index contributed by atoms with van der Waals surface area (Å²) in [5.41, 5.74) is 1.23. The maximum Gasteiger partial charge on any atom is 0.409 e. The minimum Gasteiger partial charge on any atom is -0.494 e. The molecular weight excluding hydrogens is 436 g/mol. The van der Waals surface area contributed by atoms with Gasteiger partial charge in [-0.3, -0.25) is 5.41 Å². The number of sulfone groups is 1. The van der Waals surface area contributed by atoms with Crippen LogP contribution in [0.3, 0.4) is 0 Å². The number of rotatable bonds is 7. The molecule has 1 atom stereocenters. The zero-order valence-corrected chi connectivity index (χ0v) is 18.5. The SMILES string of the molecule is CCC(CN(C=N)c1ccccc1)(C(F)(F)F)S(C)(=O)=O.COc1ccc(C)cc1F. The summed E-state index contributed by atoms with van der Waals surface area (Å²) in [7, 11) is -2.97. The number of benzene rings is 2. The van der Waals surface area contributed by atoms with Gasteiger partial charge in [0.15, 0.2) is 26.2 Å². The van der Waals surface area contributed by atoms with E-state index in [0.29, 0.717) is 24.0 Å². The van der Waals surface area contributed by atoms with Crippen molar-refractivity contribution in [3.8, 4) is 5.75 Å². The lowest BCUT2D eigenvalue weighted by atomic mass is 10.0. The number of methoxy groups -OCH3 is 1. The molecule has 0 spiro atoms. The van der Waals surface area contributed by atoms with Crippen molar-refractivity contribution in [1.29, 1.82) is 5.41 Å². The Labute approximate surface area is 180 Å². The highest BCUT2D eigenvalue weighted by molar-refractivity contribution is 7.92. The monoisotopic (exact) mass is 462 g/mol. The molecule has 5 nitrogen and oxygen atoms in total. The van der Waals surface area contributed by atoms with E-state index in [-0.39, 0.29) is 5.82 Å². The molecule has 0 radical (unpaired) electrons. The van der Waals surface area contributed by atoms with Crippen LogP contribution in [0.1, 0.15) is 18.9 Å². The Balaban J connectivity index is 0.000000399. The molecule has 172 valence electrons. The van der Waals surface area contributed by atoms with Crippen LogP contribution < -0.4 is 9.64 Å². The van der Waals surface area contributed by atoms with Crippen LogP contribution in [0.2, 0.25) is 0 Å². The van der Waals surface area contributed by atoms with E-state index in [4.69, 9.17) is 10.1 Å². The van der Waals surface area contributed by atoms with E-state index in [0.717, 1.165) is 10.5 Å². The topological polar surface area (TPSA) is 70.5 Å². The van der Waals surface area contributed by atoms with E-state index in [1.165, 1.54) is 32.2 Å². The number of ether oxygens (including phenoxy) is 1. The van der Waals surface area contributed by atoms with Crippen LogP contribution >= 0.6 is 0 Å². The highest BCUT2D eigenvalue weighted by atomic mass is 32.2. The molecule has 0 aromatic heterocycles. The van der Waals surface area contributed by atoms with Gasteiger partial charge in [0.1, 0.15) is 0 Å². The molecule has 0 amide bonds. The Kier molecular flexibility index (Phi) is 9.04. The van der Waals surface area contributed by atoms with Crippen LogP contribution in [-0.2, 0) is 9.84 Å². The fourth-order valence-corrected chi connectivity index (χ4v) is 4.19. The van der Waals surface area contributed by atoms with E-state index in [9.17, 15) is 26.0 Å². The molecule has 0 aliphatic carbocycles. The third-order valence-electron chi connectivity index (χ3n) is 4.77. The van der Waals surface area contributed by atoms with E-state index < -0.39 is 33.7 Å². The fourth-order valence-electron chi connectivity index (χ4n) is 2.87. The summed E-state index contributed by atoms with van der Waals surface area (Å²) < 4.78 is 78.3. The number of nitrogens with one attached hydrogen (secondary N) is 1. The van der Waals surface area contributed by atoms with Crippen molar-refractivity contribution in [3.63, 3.8) is 0 Å². The highest BCUT2D eigenvalue weighted by Crippen LogP contribution is 2.40. The summed E-state index contributed by atoms with van der Waals surface area (Å²) in [5.74, 6) is -0.00639. The van der Waals surface area contributed by atoms with Crippen LogP contribution in [0.4, 0.5) is 23.2 Å². The highest BCUT2D eigenvalue weighted by Gasteiger charge is 2.61. The molecule has 0 heterocycles. The number of hydrogen-bond acceptors (Lipinski definition) is 4. The lowest BCUT2D eigenvalue weighted by molar-refractivity contribution is -0.159. The smallest absolute Gasteiger partial charge is 0.409 e. The van der Waals surface area contributed by atoms with Gasteiger partial charge in [0, 0.05) is 11.9 Å². The van der Waals surface area contributed by atoms with E-state index >= 15 is 0 Å². The van der Waals surface area contributed by atoms with Gasteiger partial charge in [0.05, 0.1) is 20.0 Å². The van der Waals surface area contributed by atoms with Crippen molar-refractivity contribution in [1.82, 2.24) is 0 Å². The Morgan fingerprint density at radius 1 is 1.13 bits per heavy atom. The zero-order valence-electron chi connectivity index (χ0n) is 17.7. The molecule has 2 aromatic rings. The first-order valence-corrected chi connectivity index (χ1v) is 11.1. The molecular formula is C21H26F4N2O3S. The average Bonchev–Trinajstić information content (AvgIpc) is 2.68. The number of halogens is 4. The van der Waals surface area contributed by atoms with Crippen LogP contribution in [0.15, 0.2) is 48.5 Å². The summed E-state index contributed by atoms with van der Waals surface area (Å²) in [6, 6.07) is 12.8. The Hall–Kier alpha value is -2.62. The molecule has 0 fully saturated rings. The Morgan fingerprint density at radius 3 is 2.10 bits per heavy atom. The van der Waals surface area contributed by atoms with Gasteiger partial charge in [-0.05, 0) is 43.2 Å². The second kappa shape index (κ2) is 10.6. The van der Waals surface area contributed by atoms with Crippen molar-refractivity contribution < 1.29 is 30.7 Å². The number of alkyl halides is 3. The standard InChI is InChI=1S/C13H17F3N2O2S.C8H9FO/c1-3-12(13(14,15)16,21(2,19)20)9-18(10-17)11-7-5-4-6-8-11;1-6-3-4-8(10-2)7(9)5-6/h4-8,10,17H,3,9H2,1-2H3;3-5H,1-2H3. The second-order valence-electron chi connectivity index (χ2n) is 6.85. The first-order chi connectivity index (χ1) is 14.3. The van der Waals surface area contributed by atoms with E-state index in [1.54, 1.807) is 24.3 Å². The van der Waals surface area contributed by atoms with Gasteiger partial charge < -0.3 is 9.64 Å². The van der Waals surface area contributed by atoms with Crippen molar-refractivity contribution in [2.24, 2.45) is 0 Å². The van der Waals surface area contributed by atoms with Crippen molar-refractivity contribution >= 4 is 21.9 Å². The first-order valence-electron chi connectivity index (χ1n) is 9.21. The maximum atomic E-state index is 13.4. The molecule has 2 rings (SSSR count). The van der Waals surface area contributed by atoms with E-state index in [2.05, 4.69) is 0 Å². The van der Waals surface area contributed by atoms with Gasteiger partial charge in [-0.15, -0.1) is 0 Å². The van der Waals surface area contributed by atoms with Crippen molar-refractivity contribution in [2.45, 2.75) is 31.2 Å². The number of hydrogen-bond donors (Lipinski definition) is 1. The molecule has 0 saturated carbocycles. The van der Waals surface area contributed by atoms with Crippen LogP contribution in [0, 0.1) is 18.2 Å². The van der Waals surface area contributed by atoms with Crippen molar-refractivity contribution in [3.05, 3.63) is 59.9 Å². The Bertz CT molecular complexity index is 966. The lowest BCUT2D eigenvalue weighted by Crippen LogP contribution is -2.58. The minimum absolute atomic E-state index is 0.297. The molecule has 0 aliphatic rings. The summed E-state index contributed by atoms with van der Waals surface area (Å²) in [4.78, 5) is 0.984. The minimum atomic E-state index is -4.93. The molecule has 31 heavy (non-hydrogen) atoms. The normalized spacial score (nSPS) is 13.4.